The molecule has 3 rings (SSSR count). The number of carbonyl (C=O) groups excluding carboxylic acids is 1. The lowest BCUT2D eigenvalue weighted by atomic mass is 9.96. The second-order valence-corrected chi connectivity index (χ2v) is 6.81. The topological polar surface area (TPSA) is 63.1 Å². The molecule has 2 saturated heterocycles. The van der Waals surface area contributed by atoms with Crippen molar-refractivity contribution >= 4 is 5.91 Å². The Morgan fingerprint density at radius 1 is 1.48 bits per heavy atom. The van der Waals surface area contributed by atoms with Crippen LogP contribution in [0.4, 0.5) is 8.78 Å². The van der Waals surface area contributed by atoms with Crippen LogP contribution in [0.15, 0.2) is 6.33 Å². The third kappa shape index (κ3) is 3.36. The van der Waals surface area contributed by atoms with Crippen LogP contribution in [0.5, 0.6) is 0 Å². The highest BCUT2D eigenvalue weighted by Crippen LogP contribution is 2.30. The molecule has 1 N–H and O–H groups in total. The number of halogens is 2. The zero-order valence-corrected chi connectivity index (χ0v) is 13.5. The van der Waals surface area contributed by atoms with Crippen molar-refractivity contribution in [3.05, 3.63) is 12.2 Å². The van der Waals surface area contributed by atoms with Crippen molar-refractivity contribution in [2.75, 3.05) is 19.6 Å². The Hall–Kier alpha value is -1.57. The molecule has 8 heteroatoms. The van der Waals surface area contributed by atoms with Crippen LogP contribution in [0.1, 0.15) is 50.9 Å². The lowest BCUT2D eigenvalue weighted by molar-refractivity contribution is -0.135. The molecule has 1 amide bonds. The molecule has 0 aliphatic carbocycles. The van der Waals surface area contributed by atoms with Gasteiger partial charge in [-0.2, -0.15) is 0 Å². The van der Waals surface area contributed by atoms with Gasteiger partial charge in [-0.25, -0.2) is 8.78 Å². The molecule has 0 saturated carbocycles. The molecule has 0 spiro atoms. The van der Waals surface area contributed by atoms with Gasteiger partial charge in [0.2, 0.25) is 5.91 Å². The summed E-state index contributed by atoms with van der Waals surface area (Å²) in [6, 6.07) is -0.520. The summed E-state index contributed by atoms with van der Waals surface area (Å²) in [6.45, 7) is 4.84. The van der Waals surface area contributed by atoms with E-state index in [2.05, 4.69) is 29.4 Å². The number of alkyl halides is 2. The number of nitrogens with one attached hydrogen (secondary N) is 1. The van der Waals surface area contributed by atoms with Gasteiger partial charge < -0.3 is 9.47 Å². The number of hydrogen-bond donors (Lipinski definition) is 1. The molecule has 2 fully saturated rings. The Labute approximate surface area is 134 Å². The molecule has 0 aromatic carbocycles. The largest absolute Gasteiger partial charge is 0.341 e. The maximum Gasteiger partial charge on any atom is 0.262 e. The molecule has 2 unspecified atom stereocenters. The van der Waals surface area contributed by atoms with Crippen molar-refractivity contribution in [2.24, 2.45) is 0 Å². The molecule has 0 bridgehead atoms. The highest BCUT2D eigenvalue weighted by molar-refractivity contribution is 5.82. The number of nitrogens with zero attached hydrogens (tertiary/aromatic N) is 4. The summed E-state index contributed by atoms with van der Waals surface area (Å²) in [4.78, 5) is 14.2. The van der Waals surface area contributed by atoms with Crippen LogP contribution >= 0.6 is 0 Å². The maximum absolute atomic E-state index is 13.3. The van der Waals surface area contributed by atoms with Crippen molar-refractivity contribution in [1.29, 1.82) is 0 Å². The zero-order valence-electron chi connectivity index (χ0n) is 13.5. The molecule has 1 aromatic rings. The summed E-state index contributed by atoms with van der Waals surface area (Å²) < 4.78 is 28.6. The number of hydrogen-bond acceptors (Lipinski definition) is 4. The van der Waals surface area contributed by atoms with Gasteiger partial charge in [0.25, 0.3) is 5.92 Å². The lowest BCUT2D eigenvalue weighted by Crippen LogP contribution is -2.47. The highest BCUT2D eigenvalue weighted by Gasteiger charge is 2.44. The Kier molecular flexibility index (Phi) is 4.35. The van der Waals surface area contributed by atoms with E-state index in [1.54, 1.807) is 11.2 Å². The van der Waals surface area contributed by atoms with Crippen LogP contribution in [0.2, 0.25) is 0 Å². The number of carbonyl (C=O) groups is 1. The molecule has 128 valence electrons. The summed E-state index contributed by atoms with van der Waals surface area (Å²) >= 11 is 0. The van der Waals surface area contributed by atoms with Gasteiger partial charge in [-0.15, -0.1) is 10.2 Å². The predicted octanol–water partition coefficient (Wildman–Crippen LogP) is 1.56. The van der Waals surface area contributed by atoms with Crippen LogP contribution in [-0.4, -0.2) is 57.2 Å². The summed E-state index contributed by atoms with van der Waals surface area (Å²) in [5.41, 5.74) is 0. The first kappa shape index (κ1) is 16.3. The van der Waals surface area contributed by atoms with E-state index in [1.807, 2.05) is 4.57 Å². The smallest absolute Gasteiger partial charge is 0.262 e. The Balaban J connectivity index is 1.69. The monoisotopic (exact) mass is 327 g/mol. The number of amides is 1. The summed E-state index contributed by atoms with van der Waals surface area (Å²) in [6.07, 6.45) is 3.09. The number of rotatable bonds is 3. The van der Waals surface area contributed by atoms with Gasteiger partial charge in [-0.1, -0.05) is 0 Å². The SMILES string of the molecule is CC(C)n1cnnc1C1CCCN(C(=O)C2CC(F)(F)CN2)C1. The number of likely N-dealkylation sites (tertiary alicyclic amines) is 1. The van der Waals surface area contributed by atoms with Gasteiger partial charge in [-0.05, 0) is 26.7 Å². The third-order valence-electron chi connectivity index (χ3n) is 4.66. The van der Waals surface area contributed by atoms with E-state index in [1.165, 1.54) is 0 Å². The normalized spacial score (nSPS) is 27.6. The first-order valence-corrected chi connectivity index (χ1v) is 8.17. The highest BCUT2D eigenvalue weighted by atomic mass is 19.3. The number of piperidine rings is 1. The van der Waals surface area contributed by atoms with E-state index >= 15 is 0 Å². The molecule has 2 aliphatic heterocycles. The van der Waals surface area contributed by atoms with E-state index in [0.717, 1.165) is 18.7 Å². The van der Waals surface area contributed by atoms with Gasteiger partial charge in [0.1, 0.15) is 12.2 Å². The minimum Gasteiger partial charge on any atom is -0.341 e. The minimum absolute atomic E-state index is 0.111. The first-order valence-electron chi connectivity index (χ1n) is 8.17. The van der Waals surface area contributed by atoms with Gasteiger partial charge in [0, 0.05) is 31.5 Å². The zero-order chi connectivity index (χ0) is 16.6. The molecule has 3 heterocycles. The van der Waals surface area contributed by atoms with Crippen LogP contribution in [0.25, 0.3) is 0 Å². The summed E-state index contributed by atoms with van der Waals surface area (Å²) in [7, 11) is 0. The summed E-state index contributed by atoms with van der Waals surface area (Å²) in [5.74, 6) is -2.02. The Morgan fingerprint density at radius 2 is 2.26 bits per heavy atom. The standard InChI is InChI=1S/C15H23F2N5O/c1-10(2)22-9-19-20-13(22)11-4-3-5-21(7-11)14(23)12-6-15(16,17)8-18-12/h9-12,18H,3-8H2,1-2H3. The fourth-order valence-electron chi connectivity index (χ4n) is 3.44. The van der Waals surface area contributed by atoms with Gasteiger partial charge in [0.05, 0.1) is 12.6 Å². The predicted molar refractivity (Wildman–Crippen MR) is 80.3 cm³/mol. The van der Waals surface area contributed by atoms with Crippen LogP contribution in [0, 0.1) is 0 Å². The van der Waals surface area contributed by atoms with Crippen LogP contribution < -0.4 is 5.32 Å². The fourth-order valence-corrected chi connectivity index (χ4v) is 3.44. The number of aromatic nitrogens is 3. The van der Waals surface area contributed by atoms with Gasteiger partial charge in [-0.3, -0.25) is 10.1 Å². The molecular formula is C15H23F2N5O. The average Bonchev–Trinajstić information content (AvgIpc) is 3.13. The van der Waals surface area contributed by atoms with Crippen LogP contribution in [-0.2, 0) is 4.79 Å². The quantitative estimate of drug-likeness (QED) is 0.915. The first-order chi connectivity index (χ1) is 10.9. The molecule has 2 aliphatic rings. The van der Waals surface area contributed by atoms with E-state index < -0.39 is 24.9 Å². The molecule has 2 atom stereocenters. The van der Waals surface area contributed by atoms with Crippen molar-refractivity contribution in [3.63, 3.8) is 0 Å². The second kappa shape index (κ2) is 6.14. The van der Waals surface area contributed by atoms with Crippen molar-refractivity contribution in [1.82, 2.24) is 25.0 Å². The Bertz CT molecular complexity index is 574. The average molecular weight is 327 g/mol. The maximum atomic E-state index is 13.3. The van der Waals surface area contributed by atoms with Gasteiger partial charge in [0.15, 0.2) is 0 Å². The lowest BCUT2D eigenvalue weighted by Gasteiger charge is -2.34. The summed E-state index contributed by atoms with van der Waals surface area (Å²) in [5, 5.41) is 10.8. The molecule has 0 radical (unpaired) electrons. The van der Waals surface area contributed by atoms with E-state index in [9.17, 15) is 13.6 Å². The van der Waals surface area contributed by atoms with Crippen molar-refractivity contribution < 1.29 is 13.6 Å². The molecule has 1 aromatic heterocycles. The van der Waals surface area contributed by atoms with Crippen molar-refractivity contribution in [3.8, 4) is 0 Å². The van der Waals surface area contributed by atoms with Crippen molar-refractivity contribution in [2.45, 2.75) is 57.0 Å². The second-order valence-electron chi connectivity index (χ2n) is 6.81. The van der Waals surface area contributed by atoms with Gasteiger partial charge >= 0.3 is 0 Å². The molecular weight excluding hydrogens is 304 g/mol. The molecule has 6 nitrogen and oxygen atoms in total. The fraction of sp³-hybridized carbons (Fsp3) is 0.800. The van der Waals surface area contributed by atoms with E-state index in [-0.39, 0.29) is 17.9 Å². The van der Waals surface area contributed by atoms with Crippen LogP contribution in [0.3, 0.4) is 0 Å². The van der Waals surface area contributed by atoms with E-state index in [4.69, 9.17) is 0 Å². The van der Waals surface area contributed by atoms with E-state index in [0.29, 0.717) is 13.1 Å². The Morgan fingerprint density at radius 3 is 2.91 bits per heavy atom. The molecule has 23 heavy (non-hydrogen) atoms. The minimum atomic E-state index is -2.78. The third-order valence-corrected chi connectivity index (χ3v) is 4.66.